The molecule has 0 unspecified atom stereocenters. The van der Waals surface area contributed by atoms with E-state index < -0.39 is 0 Å². The maximum Gasteiger partial charge on any atom is 0.147 e. The fraction of sp³-hybridized carbons (Fsp3) is 0.333. The first-order chi connectivity index (χ1) is 7.69. The molecule has 2 N–H and O–H groups in total. The second-order valence-electron chi connectivity index (χ2n) is 3.30. The van der Waals surface area contributed by atoms with Crippen LogP contribution in [-0.4, -0.2) is 13.7 Å². The van der Waals surface area contributed by atoms with Gasteiger partial charge in [0.2, 0.25) is 0 Å². The Morgan fingerprint density at radius 2 is 2.25 bits per heavy atom. The summed E-state index contributed by atoms with van der Waals surface area (Å²) in [6.45, 7) is 4.23. The summed E-state index contributed by atoms with van der Waals surface area (Å²) in [6.07, 6.45) is 3.67. The average Bonchev–Trinajstić information content (AvgIpc) is 2.29. The number of benzene rings is 1. The molecule has 1 aromatic rings. The van der Waals surface area contributed by atoms with Gasteiger partial charge in [-0.3, -0.25) is 0 Å². The van der Waals surface area contributed by atoms with E-state index in [4.69, 9.17) is 26.8 Å². The minimum Gasteiger partial charge on any atom is -0.497 e. The van der Waals surface area contributed by atoms with Gasteiger partial charge in [-0.2, -0.15) is 0 Å². The van der Waals surface area contributed by atoms with Crippen LogP contribution in [0.3, 0.4) is 0 Å². The van der Waals surface area contributed by atoms with Crippen LogP contribution in [0.25, 0.3) is 0 Å². The second kappa shape index (κ2) is 6.28. The highest BCUT2D eigenvalue weighted by Crippen LogP contribution is 2.34. The molecule has 0 atom stereocenters. The highest BCUT2D eigenvalue weighted by atomic mass is 35.5. The molecule has 1 rings (SSSR count). The van der Waals surface area contributed by atoms with Crippen LogP contribution in [0.4, 0.5) is 5.69 Å². The van der Waals surface area contributed by atoms with Gasteiger partial charge in [0.15, 0.2) is 0 Å². The van der Waals surface area contributed by atoms with Crippen molar-refractivity contribution in [3.05, 3.63) is 29.8 Å². The molecule has 0 aliphatic rings. The Morgan fingerprint density at radius 3 is 2.88 bits per heavy atom. The summed E-state index contributed by atoms with van der Waals surface area (Å²) in [5.41, 5.74) is 6.23. The lowest BCUT2D eigenvalue weighted by Crippen LogP contribution is -2.01. The molecular formula is C12H16ClNO2. The van der Waals surface area contributed by atoms with Gasteiger partial charge in [-0.05, 0) is 12.8 Å². The third-order valence-electron chi connectivity index (χ3n) is 2.11. The molecule has 0 heterocycles. The molecule has 0 aliphatic carbocycles. The number of halogens is 1. The number of nitrogens with two attached hydrogens (primary N) is 1. The van der Waals surface area contributed by atoms with Crippen LogP contribution in [0.5, 0.6) is 11.5 Å². The smallest absolute Gasteiger partial charge is 0.147 e. The van der Waals surface area contributed by atoms with Gasteiger partial charge in [-0.25, -0.2) is 0 Å². The Kier molecular flexibility index (Phi) is 4.99. The summed E-state index contributed by atoms with van der Waals surface area (Å²) >= 11 is 5.94. The van der Waals surface area contributed by atoms with Crippen LogP contribution in [-0.2, 0) is 0 Å². The summed E-state index contributed by atoms with van der Waals surface area (Å²) in [5, 5.41) is 0.443. The fourth-order valence-corrected chi connectivity index (χ4v) is 1.42. The van der Waals surface area contributed by atoms with Crippen molar-refractivity contribution >= 4 is 17.3 Å². The van der Waals surface area contributed by atoms with Gasteiger partial charge in [0.25, 0.3) is 0 Å². The molecule has 0 amide bonds. The van der Waals surface area contributed by atoms with E-state index in [-0.39, 0.29) is 0 Å². The predicted octanol–water partition coefficient (Wildman–Crippen LogP) is 3.28. The van der Waals surface area contributed by atoms with Crippen molar-refractivity contribution in [1.29, 1.82) is 0 Å². The molecule has 0 radical (unpaired) electrons. The summed E-state index contributed by atoms with van der Waals surface area (Å²) in [4.78, 5) is 0. The number of hydrogen-bond donors (Lipinski definition) is 1. The van der Waals surface area contributed by atoms with Crippen LogP contribution < -0.4 is 15.2 Å². The maximum atomic E-state index is 5.94. The molecule has 0 saturated carbocycles. The number of allylic oxidation sites excluding steroid dienone is 1. The lowest BCUT2D eigenvalue weighted by atomic mass is 10.2. The van der Waals surface area contributed by atoms with E-state index in [9.17, 15) is 0 Å². The van der Waals surface area contributed by atoms with Crippen LogP contribution in [0.1, 0.15) is 12.8 Å². The van der Waals surface area contributed by atoms with E-state index >= 15 is 0 Å². The Balaban J connectivity index is 2.70. The first-order valence-electron chi connectivity index (χ1n) is 5.05. The van der Waals surface area contributed by atoms with Gasteiger partial charge in [-0.1, -0.05) is 17.7 Å². The molecule has 0 bridgehead atoms. The van der Waals surface area contributed by atoms with E-state index in [0.29, 0.717) is 28.8 Å². The van der Waals surface area contributed by atoms with E-state index in [2.05, 4.69) is 6.58 Å². The topological polar surface area (TPSA) is 44.5 Å². The highest BCUT2D eigenvalue weighted by molar-refractivity contribution is 6.33. The van der Waals surface area contributed by atoms with Gasteiger partial charge in [0.1, 0.15) is 11.5 Å². The summed E-state index contributed by atoms with van der Waals surface area (Å²) < 4.78 is 10.6. The fourth-order valence-electron chi connectivity index (χ4n) is 1.22. The van der Waals surface area contributed by atoms with Gasteiger partial charge in [-0.15, -0.1) is 6.58 Å². The van der Waals surface area contributed by atoms with Crippen LogP contribution in [0.15, 0.2) is 24.8 Å². The Morgan fingerprint density at radius 1 is 1.50 bits per heavy atom. The molecule has 0 aromatic heterocycles. The Labute approximate surface area is 101 Å². The van der Waals surface area contributed by atoms with Crippen molar-refractivity contribution in [2.24, 2.45) is 0 Å². The second-order valence-corrected chi connectivity index (χ2v) is 3.71. The van der Waals surface area contributed by atoms with Crippen molar-refractivity contribution in [2.45, 2.75) is 12.8 Å². The third-order valence-corrected chi connectivity index (χ3v) is 2.42. The van der Waals surface area contributed by atoms with Crippen molar-refractivity contribution in [3.8, 4) is 11.5 Å². The largest absolute Gasteiger partial charge is 0.497 e. The van der Waals surface area contributed by atoms with Crippen LogP contribution >= 0.6 is 11.6 Å². The zero-order valence-electron chi connectivity index (χ0n) is 9.33. The molecule has 0 spiro atoms. The first kappa shape index (κ1) is 12.7. The van der Waals surface area contributed by atoms with Crippen LogP contribution in [0.2, 0.25) is 5.02 Å². The van der Waals surface area contributed by atoms with Crippen molar-refractivity contribution in [2.75, 3.05) is 19.5 Å². The minimum atomic E-state index is 0.443. The number of rotatable bonds is 6. The summed E-state index contributed by atoms with van der Waals surface area (Å²) in [5.74, 6) is 1.20. The van der Waals surface area contributed by atoms with E-state index in [1.807, 2.05) is 6.08 Å². The predicted molar refractivity (Wildman–Crippen MR) is 67.3 cm³/mol. The number of unbranched alkanes of at least 4 members (excludes halogenated alkanes) is 1. The van der Waals surface area contributed by atoms with Gasteiger partial charge in [0.05, 0.1) is 24.4 Å². The molecule has 0 aliphatic heterocycles. The average molecular weight is 242 g/mol. The third kappa shape index (κ3) is 3.35. The number of hydrogen-bond acceptors (Lipinski definition) is 3. The van der Waals surface area contributed by atoms with Gasteiger partial charge in [0, 0.05) is 12.1 Å². The molecule has 0 fully saturated rings. The summed E-state index contributed by atoms with van der Waals surface area (Å²) in [7, 11) is 1.57. The summed E-state index contributed by atoms with van der Waals surface area (Å²) in [6, 6.07) is 3.39. The van der Waals surface area contributed by atoms with E-state index in [1.54, 1.807) is 19.2 Å². The van der Waals surface area contributed by atoms with E-state index in [1.165, 1.54) is 0 Å². The highest BCUT2D eigenvalue weighted by Gasteiger charge is 2.07. The SMILES string of the molecule is C=CCCCOc1cc(OC)cc(Cl)c1N. The van der Waals surface area contributed by atoms with Crippen LogP contribution in [0, 0.1) is 0 Å². The molecule has 0 saturated heterocycles. The molecule has 16 heavy (non-hydrogen) atoms. The number of anilines is 1. The lowest BCUT2D eigenvalue weighted by molar-refractivity contribution is 0.311. The monoisotopic (exact) mass is 241 g/mol. The number of ether oxygens (including phenoxy) is 2. The number of nitrogen functional groups attached to an aromatic ring is 1. The quantitative estimate of drug-likeness (QED) is 0.472. The van der Waals surface area contributed by atoms with Gasteiger partial charge >= 0.3 is 0 Å². The molecule has 3 nitrogen and oxygen atoms in total. The van der Waals surface area contributed by atoms with Crippen molar-refractivity contribution in [3.63, 3.8) is 0 Å². The molecule has 4 heteroatoms. The Hall–Kier alpha value is -1.35. The molecule has 1 aromatic carbocycles. The molecular weight excluding hydrogens is 226 g/mol. The van der Waals surface area contributed by atoms with E-state index in [0.717, 1.165) is 12.8 Å². The number of methoxy groups -OCH3 is 1. The lowest BCUT2D eigenvalue weighted by Gasteiger charge is -2.11. The standard InChI is InChI=1S/C12H16ClNO2/c1-3-4-5-6-16-11-8-9(15-2)7-10(13)12(11)14/h3,7-8H,1,4-6,14H2,2H3. The Bertz CT molecular complexity index is 366. The minimum absolute atomic E-state index is 0.443. The normalized spacial score (nSPS) is 9.88. The first-order valence-corrected chi connectivity index (χ1v) is 5.43. The van der Waals surface area contributed by atoms with Crippen molar-refractivity contribution < 1.29 is 9.47 Å². The zero-order chi connectivity index (χ0) is 12.0. The zero-order valence-corrected chi connectivity index (χ0v) is 10.1. The van der Waals surface area contributed by atoms with Crippen molar-refractivity contribution in [1.82, 2.24) is 0 Å². The van der Waals surface area contributed by atoms with Gasteiger partial charge < -0.3 is 15.2 Å². The molecule has 88 valence electrons. The maximum absolute atomic E-state index is 5.94.